The van der Waals surface area contributed by atoms with Crippen LogP contribution < -0.4 is 16.0 Å². The summed E-state index contributed by atoms with van der Waals surface area (Å²) < 4.78 is 0. The van der Waals surface area contributed by atoms with Crippen LogP contribution >= 0.6 is 0 Å². The highest BCUT2D eigenvalue weighted by Crippen LogP contribution is 2.21. The van der Waals surface area contributed by atoms with Gasteiger partial charge in [0.2, 0.25) is 17.7 Å². The molecule has 6 unspecified atom stereocenters. The van der Waals surface area contributed by atoms with E-state index in [9.17, 15) is 45.0 Å². The van der Waals surface area contributed by atoms with Crippen molar-refractivity contribution >= 4 is 17.7 Å². The van der Waals surface area contributed by atoms with Crippen LogP contribution in [0, 0.1) is 0 Å². The Morgan fingerprint density at radius 3 is 0.466 bits per heavy atom. The minimum absolute atomic E-state index is 0.0917. The molecule has 0 rings (SSSR count). The molecule has 0 aliphatic carbocycles. The second-order valence-electron chi connectivity index (χ2n) is 37.2. The average molecular weight is 1680 g/mol. The maximum Gasteiger partial charge on any atom is 0.221 e. The molecule has 3 amide bonds. The first-order valence-electron chi connectivity index (χ1n) is 52.5. The fraction of sp³-hybridized carbons (Fsp3) is 0.971. The Hall–Kier alpha value is -1.99. The summed E-state index contributed by atoms with van der Waals surface area (Å²) in [6.07, 6.45) is 79.5. The van der Waals surface area contributed by atoms with Crippen LogP contribution in [-0.2, 0) is 14.4 Å². The zero-order valence-corrected chi connectivity index (χ0v) is 79.7. The molecule has 6 atom stereocenters. The summed E-state index contributed by atoms with van der Waals surface area (Å²) in [6.45, 7) is 21.1. The van der Waals surface area contributed by atoms with Crippen LogP contribution in [0.1, 0.15) is 504 Å². The largest absolute Gasteiger partial charge is 0.392 e. The summed E-state index contributed by atoms with van der Waals surface area (Å²) in [7, 11) is 0. The van der Waals surface area contributed by atoms with Crippen LogP contribution in [-0.4, -0.2) is 203 Å². The third kappa shape index (κ3) is 86.1. The number of unbranched alkanes of at least 4 members (excludes halogenated alkanes) is 54. The van der Waals surface area contributed by atoms with Crippen molar-refractivity contribution in [3.05, 3.63) is 0 Å². The Labute approximate surface area is 733 Å². The van der Waals surface area contributed by atoms with Crippen LogP contribution in [0.25, 0.3) is 0 Å². The second kappa shape index (κ2) is 92.7. The van der Waals surface area contributed by atoms with Crippen molar-refractivity contribution in [3.8, 4) is 0 Å². The van der Waals surface area contributed by atoms with E-state index in [1.165, 1.54) is 308 Å². The zero-order chi connectivity index (χ0) is 86.1. The molecule has 118 heavy (non-hydrogen) atoms. The van der Waals surface area contributed by atoms with Gasteiger partial charge in [-0.3, -0.25) is 29.1 Å². The standard InChI is InChI=1S/C102H207N7O9/c1-7-13-19-25-31-37-43-49-55-61-70-94(110)88-107(89-95(111)71-62-56-50-44-38-32-26-20-14-8-2)82-67-79-103-100(116)76-85-106(86-77-101(117)104-80-68-83-108(90-96(112)72-63-57-51-45-39-33-27-21-15-9-3)91-97(113)73-64-58-52-46-40-34-28-22-16-10-4)87-78-102(118)105-81-69-84-109(92-98(114)74-65-59-53-47-41-35-29-23-17-11-5)93-99(115)75-66-60-54-48-42-36-30-24-18-12-6/h94-99,110-115H,7-93H2,1-6H3,(H,103,116)(H,104,117)(H,105,118). The topological polar surface area (TPSA) is 222 Å². The van der Waals surface area contributed by atoms with E-state index in [0.29, 0.717) is 117 Å². The maximum absolute atomic E-state index is 13.8. The summed E-state index contributed by atoms with van der Waals surface area (Å²) >= 11 is 0. The highest BCUT2D eigenvalue weighted by molar-refractivity contribution is 5.77. The van der Waals surface area contributed by atoms with Gasteiger partial charge >= 0.3 is 0 Å². The molecule has 0 aliphatic rings. The summed E-state index contributed by atoms with van der Waals surface area (Å²) in [5, 5.41) is 77.6. The SMILES string of the molecule is CCCCCCCCCCCCC(O)CN(CCCNC(=O)CCN(CCC(=O)NCCCN(CC(O)CCCCCCCCCCCC)CC(O)CCCCCCCCCCCC)CCC(=O)NCCCN(CC(O)CCCCCCCCCCCC)CC(O)CCCCCCCCCCCC)CC(O)CCCCCCCCCCCC. The van der Waals surface area contributed by atoms with E-state index in [1.54, 1.807) is 0 Å². The first kappa shape index (κ1) is 116. The van der Waals surface area contributed by atoms with Gasteiger partial charge in [0.1, 0.15) is 0 Å². The van der Waals surface area contributed by atoms with E-state index in [0.717, 1.165) is 116 Å². The van der Waals surface area contributed by atoms with Crippen LogP contribution in [0.5, 0.6) is 0 Å². The fourth-order valence-corrected chi connectivity index (χ4v) is 17.3. The zero-order valence-electron chi connectivity index (χ0n) is 79.7. The number of hydrogen-bond donors (Lipinski definition) is 9. The number of aliphatic hydroxyl groups is 6. The first-order valence-corrected chi connectivity index (χ1v) is 52.5. The lowest BCUT2D eigenvalue weighted by molar-refractivity contribution is -0.121. The van der Waals surface area contributed by atoms with Crippen molar-refractivity contribution in [2.75, 3.05) is 98.2 Å². The Balaban J connectivity index is 6.19. The molecule has 0 spiro atoms. The number of carbonyl (C=O) groups excluding carboxylic acids is 3. The van der Waals surface area contributed by atoms with Crippen molar-refractivity contribution in [1.82, 2.24) is 35.6 Å². The molecule has 0 fully saturated rings. The molecule has 704 valence electrons. The molecule has 9 N–H and O–H groups in total. The number of aliphatic hydroxyl groups excluding tert-OH is 6. The van der Waals surface area contributed by atoms with Gasteiger partial charge in [0.15, 0.2) is 0 Å². The molecule has 0 saturated carbocycles. The third-order valence-electron chi connectivity index (χ3n) is 25.0. The van der Waals surface area contributed by atoms with Crippen molar-refractivity contribution in [2.45, 2.75) is 540 Å². The van der Waals surface area contributed by atoms with Gasteiger partial charge in [-0.25, -0.2) is 0 Å². The Morgan fingerprint density at radius 2 is 0.322 bits per heavy atom. The van der Waals surface area contributed by atoms with Gasteiger partial charge in [-0.1, -0.05) is 427 Å². The van der Waals surface area contributed by atoms with Crippen LogP contribution in [0.15, 0.2) is 0 Å². The van der Waals surface area contributed by atoms with Crippen LogP contribution in [0.2, 0.25) is 0 Å². The number of carbonyl (C=O) groups is 3. The number of rotatable bonds is 99. The van der Waals surface area contributed by atoms with Crippen molar-refractivity contribution in [3.63, 3.8) is 0 Å². The Kier molecular flexibility index (Phi) is 91.1. The maximum atomic E-state index is 13.8. The van der Waals surface area contributed by atoms with E-state index >= 15 is 0 Å². The predicted octanol–water partition coefficient (Wildman–Crippen LogP) is 23.9. The second-order valence-corrected chi connectivity index (χ2v) is 37.2. The molecule has 0 radical (unpaired) electrons. The van der Waals surface area contributed by atoms with E-state index in [4.69, 9.17) is 0 Å². The molecule has 0 heterocycles. The van der Waals surface area contributed by atoms with Crippen LogP contribution in [0.4, 0.5) is 0 Å². The Bertz CT molecular complexity index is 1720. The molecule has 0 aromatic heterocycles. The van der Waals surface area contributed by atoms with E-state index < -0.39 is 36.6 Å². The van der Waals surface area contributed by atoms with Gasteiger partial charge in [-0.15, -0.1) is 0 Å². The van der Waals surface area contributed by atoms with Gasteiger partial charge < -0.3 is 51.5 Å². The van der Waals surface area contributed by atoms with Gasteiger partial charge in [0.25, 0.3) is 0 Å². The number of amides is 3. The lowest BCUT2D eigenvalue weighted by atomic mass is 10.0. The van der Waals surface area contributed by atoms with E-state index in [2.05, 4.69) is 77.1 Å². The summed E-state index contributed by atoms with van der Waals surface area (Å²) in [5.41, 5.74) is 0. The summed E-state index contributed by atoms with van der Waals surface area (Å²) in [6, 6.07) is 0. The molecular formula is C102H207N7O9. The van der Waals surface area contributed by atoms with Crippen molar-refractivity contribution in [1.29, 1.82) is 0 Å². The third-order valence-corrected chi connectivity index (χ3v) is 25.0. The number of hydrogen-bond acceptors (Lipinski definition) is 13. The fourth-order valence-electron chi connectivity index (χ4n) is 17.3. The molecule has 0 aliphatic heterocycles. The number of nitrogens with one attached hydrogen (secondary N) is 3. The molecule has 0 bridgehead atoms. The summed E-state index contributed by atoms with van der Waals surface area (Å²) in [5.74, 6) is -0.275. The van der Waals surface area contributed by atoms with E-state index in [-0.39, 0.29) is 37.0 Å². The van der Waals surface area contributed by atoms with E-state index in [1.807, 2.05) is 0 Å². The van der Waals surface area contributed by atoms with Gasteiger partial charge in [-0.2, -0.15) is 0 Å². The smallest absolute Gasteiger partial charge is 0.221 e. The minimum Gasteiger partial charge on any atom is -0.392 e. The van der Waals surface area contributed by atoms with Gasteiger partial charge in [0.05, 0.1) is 36.6 Å². The molecular weight excluding hydrogens is 1470 g/mol. The molecule has 16 nitrogen and oxygen atoms in total. The lowest BCUT2D eigenvalue weighted by Crippen LogP contribution is -2.40. The molecule has 0 aromatic rings. The monoisotopic (exact) mass is 1670 g/mol. The molecule has 0 aromatic carbocycles. The van der Waals surface area contributed by atoms with Gasteiger partial charge in [-0.05, 0) is 57.8 Å². The highest BCUT2D eigenvalue weighted by atomic mass is 16.3. The highest BCUT2D eigenvalue weighted by Gasteiger charge is 2.21. The quantitative estimate of drug-likeness (QED) is 0.0259. The number of nitrogens with zero attached hydrogens (tertiary/aromatic N) is 4. The summed E-state index contributed by atoms with van der Waals surface area (Å²) in [4.78, 5) is 50.0. The minimum atomic E-state index is -0.468. The van der Waals surface area contributed by atoms with Gasteiger partial charge in [0, 0.05) is 117 Å². The predicted molar refractivity (Wildman–Crippen MR) is 507 cm³/mol. The normalized spacial score (nSPS) is 13.5. The molecule has 16 heteroatoms. The lowest BCUT2D eigenvalue weighted by Gasteiger charge is -2.28. The van der Waals surface area contributed by atoms with Crippen molar-refractivity contribution in [2.24, 2.45) is 0 Å². The average Bonchev–Trinajstić information content (AvgIpc) is 0.953. The van der Waals surface area contributed by atoms with Crippen molar-refractivity contribution < 1.29 is 45.0 Å². The Morgan fingerprint density at radius 1 is 0.186 bits per heavy atom. The molecule has 0 saturated heterocycles. The first-order chi connectivity index (χ1) is 57.7. The van der Waals surface area contributed by atoms with Crippen LogP contribution in [0.3, 0.4) is 0 Å².